The monoisotopic (exact) mass is 209 g/mol. The summed E-state index contributed by atoms with van der Waals surface area (Å²) in [6, 6.07) is 0.157. The van der Waals surface area contributed by atoms with Crippen molar-refractivity contribution in [2.45, 2.75) is 40.7 Å². The third kappa shape index (κ3) is 24.5. The molecule has 0 spiro atoms. The third-order valence-electron chi connectivity index (χ3n) is 0.682. The van der Waals surface area contributed by atoms with Gasteiger partial charge in [0, 0.05) is 6.04 Å². The number of thiol groups is 1. The number of amides is 1. The molecule has 82 valence electrons. The molecule has 3 nitrogen and oxygen atoms in total. The molecule has 4 heteroatoms. The van der Waals surface area contributed by atoms with E-state index in [-0.39, 0.29) is 12.1 Å². The first-order valence-corrected chi connectivity index (χ1v) is 5.44. The smallest absolute Gasteiger partial charge is 0.407 e. The van der Waals surface area contributed by atoms with Gasteiger partial charge in [-0.05, 0) is 27.0 Å². The zero-order chi connectivity index (χ0) is 11.3. The van der Waals surface area contributed by atoms with Crippen molar-refractivity contribution < 1.29 is 9.53 Å². The van der Waals surface area contributed by atoms with E-state index in [1.165, 1.54) is 0 Å². The van der Waals surface area contributed by atoms with E-state index in [0.29, 0.717) is 6.61 Å². The second kappa shape index (κ2) is 17.6. The minimum Gasteiger partial charge on any atom is -0.450 e. The largest absolute Gasteiger partial charge is 0.450 e. The van der Waals surface area contributed by atoms with E-state index in [1.807, 2.05) is 27.7 Å². The van der Waals surface area contributed by atoms with Gasteiger partial charge >= 0.3 is 6.09 Å². The highest BCUT2D eigenvalue weighted by Crippen LogP contribution is 1.80. The highest BCUT2D eigenvalue weighted by Gasteiger charge is 1.99. The van der Waals surface area contributed by atoms with E-state index in [0.717, 1.165) is 0 Å². The molecule has 0 heterocycles. The van der Waals surface area contributed by atoms with Crippen LogP contribution in [-0.2, 0) is 4.74 Å². The Kier molecular flexibility index (Phi) is 25.0. The molecule has 0 aromatic heterocycles. The normalized spacial score (nSPS) is 7.38. The van der Waals surface area contributed by atoms with Crippen LogP contribution in [0.4, 0.5) is 4.79 Å². The number of alkyl carbamates (subject to hydrolysis) is 1. The lowest BCUT2D eigenvalue weighted by molar-refractivity contribution is 0.149. The zero-order valence-corrected chi connectivity index (χ0v) is 10.4. The van der Waals surface area contributed by atoms with Crippen molar-refractivity contribution in [1.82, 2.24) is 5.32 Å². The minimum absolute atomic E-state index is 0.157. The van der Waals surface area contributed by atoms with E-state index < -0.39 is 0 Å². The predicted molar refractivity (Wildman–Crippen MR) is 61.6 cm³/mol. The molecule has 1 N–H and O–H groups in total. The first-order valence-electron chi connectivity index (χ1n) is 4.54. The topological polar surface area (TPSA) is 38.3 Å². The van der Waals surface area contributed by atoms with E-state index in [2.05, 4.69) is 22.7 Å². The molecular weight excluding hydrogens is 186 g/mol. The number of carbonyl (C=O) groups excluding carboxylic acids is 1. The van der Waals surface area contributed by atoms with Gasteiger partial charge in [0.2, 0.25) is 0 Å². The summed E-state index contributed by atoms with van der Waals surface area (Å²) < 4.78 is 4.60. The fraction of sp³-hybridized carbons (Fsp3) is 0.889. The summed E-state index contributed by atoms with van der Waals surface area (Å²) >= 11 is 3.53. The molecule has 0 bridgehead atoms. The van der Waals surface area contributed by atoms with Crippen molar-refractivity contribution in [1.29, 1.82) is 0 Å². The van der Waals surface area contributed by atoms with Gasteiger partial charge in [0.25, 0.3) is 0 Å². The summed E-state index contributed by atoms with van der Waals surface area (Å²) in [7, 11) is 0. The Morgan fingerprint density at radius 3 is 2.00 bits per heavy atom. The van der Waals surface area contributed by atoms with Gasteiger partial charge in [0.1, 0.15) is 0 Å². The number of ether oxygens (including phenoxy) is 1. The molecule has 0 aromatic carbocycles. The summed E-state index contributed by atoms with van der Waals surface area (Å²) in [6.07, 6.45) is 1.35. The first kappa shape index (κ1) is 18.4. The van der Waals surface area contributed by atoms with Crippen molar-refractivity contribution in [3.8, 4) is 0 Å². The lowest BCUT2D eigenvalue weighted by Crippen LogP contribution is -2.30. The van der Waals surface area contributed by atoms with Gasteiger partial charge < -0.3 is 10.1 Å². The maximum Gasteiger partial charge on any atom is 0.407 e. The number of hydrogen-bond acceptors (Lipinski definition) is 3. The van der Waals surface area contributed by atoms with Gasteiger partial charge in [0.05, 0.1) is 6.61 Å². The quantitative estimate of drug-likeness (QED) is 0.686. The Morgan fingerprint density at radius 2 is 1.77 bits per heavy atom. The first-order chi connectivity index (χ1) is 6.16. The molecule has 0 saturated heterocycles. The average Bonchev–Trinajstić information content (AvgIpc) is 2.10. The molecule has 0 radical (unpaired) electrons. The van der Waals surface area contributed by atoms with Crippen LogP contribution in [-0.4, -0.2) is 25.0 Å². The number of carbonyl (C=O) groups is 1. The van der Waals surface area contributed by atoms with Crippen molar-refractivity contribution in [3.05, 3.63) is 0 Å². The number of rotatable bonds is 2. The van der Waals surface area contributed by atoms with Gasteiger partial charge in [-0.1, -0.05) is 13.8 Å². The van der Waals surface area contributed by atoms with Crippen LogP contribution in [0.3, 0.4) is 0 Å². The standard InChI is InChI=1S/C6H13NO2.C2H6.CH4S/c1-4-9-6(8)7-5(2)3;2*1-2/h5H,4H2,1-3H3,(H,7,8);1-2H3;2H,1H3. The van der Waals surface area contributed by atoms with Crippen LogP contribution < -0.4 is 5.32 Å². The van der Waals surface area contributed by atoms with Gasteiger partial charge in [0.15, 0.2) is 0 Å². The van der Waals surface area contributed by atoms with E-state index in [1.54, 1.807) is 13.2 Å². The summed E-state index contributed by atoms with van der Waals surface area (Å²) in [5.41, 5.74) is 0. The Balaban J connectivity index is -0.000000218. The molecule has 13 heavy (non-hydrogen) atoms. The van der Waals surface area contributed by atoms with Crippen molar-refractivity contribution in [3.63, 3.8) is 0 Å². The zero-order valence-electron chi connectivity index (χ0n) is 9.55. The molecule has 0 unspecified atom stereocenters. The Bertz CT molecular complexity index is 97.6. The summed E-state index contributed by atoms with van der Waals surface area (Å²) in [6.45, 7) is 9.98. The van der Waals surface area contributed by atoms with Gasteiger partial charge in [-0.25, -0.2) is 4.79 Å². The maximum absolute atomic E-state index is 10.5. The fourth-order valence-corrected chi connectivity index (χ4v) is 0.408. The second-order valence-corrected chi connectivity index (χ2v) is 2.02. The minimum atomic E-state index is -0.340. The number of hydrogen-bond donors (Lipinski definition) is 2. The molecule has 0 fully saturated rings. The molecule has 0 aliphatic heterocycles. The van der Waals surface area contributed by atoms with Crippen molar-refractivity contribution in [2.75, 3.05) is 12.9 Å². The van der Waals surface area contributed by atoms with Gasteiger partial charge in [-0.2, -0.15) is 12.6 Å². The molecule has 0 atom stereocenters. The molecule has 0 saturated carbocycles. The Morgan fingerprint density at radius 1 is 1.38 bits per heavy atom. The van der Waals surface area contributed by atoms with Crippen LogP contribution in [0.5, 0.6) is 0 Å². The van der Waals surface area contributed by atoms with Gasteiger partial charge in [-0.3, -0.25) is 0 Å². The van der Waals surface area contributed by atoms with Gasteiger partial charge in [-0.15, -0.1) is 0 Å². The van der Waals surface area contributed by atoms with Crippen LogP contribution in [0.1, 0.15) is 34.6 Å². The van der Waals surface area contributed by atoms with Crippen LogP contribution >= 0.6 is 12.6 Å². The Hall–Kier alpha value is -0.380. The Labute approximate surface area is 87.7 Å². The van der Waals surface area contributed by atoms with Crippen LogP contribution in [0.25, 0.3) is 0 Å². The molecule has 0 aromatic rings. The molecule has 0 aliphatic rings. The third-order valence-corrected chi connectivity index (χ3v) is 0.682. The lowest BCUT2D eigenvalue weighted by atomic mass is 10.4. The van der Waals surface area contributed by atoms with Crippen LogP contribution in [0.15, 0.2) is 0 Å². The second-order valence-electron chi connectivity index (χ2n) is 2.02. The fourth-order valence-electron chi connectivity index (χ4n) is 0.408. The number of nitrogens with one attached hydrogen (secondary N) is 1. The summed E-state index contributed by atoms with van der Waals surface area (Å²) in [5, 5.41) is 2.58. The van der Waals surface area contributed by atoms with Crippen LogP contribution in [0, 0.1) is 0 Å². The highest BCUT2D eigenvalue weighted by atomic mass is 32.1. The van der Waals surface area contributed by atoms with Crippen molar-refractivity contribution in [2.24, 2.45) is 0 Å². The molecular formula is C9H23NO2S. The highest BCUT2D eigenvalue weighted by molar-refractivity contribution is 7.79. The summed E-state index contributed by atoms with van der Waals surface area (Å²) in [4.78, 5) is 10.5. The maximum atomic E-state index is 10.5. The average molecular weight is 209 g/mol. The van der Waals surface area contributed by atoms with E-state index >= 15 is 0 Å². The van der Waals surface area contributed by atoms with E-state index in [4.69, 9.17) is 0 Å². The molecule has 0 rings (SSSR count). The van der Waals surface area contributed by atoms with E-state index in [9.17, 15) is 4.79 Å². The SMILES string of the molecule is CC.CCOC(=O)NC(C)C.CS. The predicted octanol–water partition coefficient (Wildman–Crippen LogP) is 2.71. The molecule has 1 amide bonds. The van der Waals surface area contributed by atoms with Crippen molar-refractivity contribution >= 4 is 18.7 Å². The van der Waals surface area contributed by atoms with Crippen LogP contribution in [0.2, 0.25) is 0 Å². The lowest BCUT2D eigenvalue weighted by Gasteiger charge is -2.06. The summed E-state index contributed by atoms with van der Waals surface area (Å²) in [5.74, 6) is 0. The molecule has 0 aliphatic carbocycles.